The van der Waals surface area contributed by atoms with E-state index >= 15 is 0 Å². The fourth-order valence-electron chi connectivity index (χ4n) is 2.48. The third kappa shape index (κ3) is 3.10. The van der Waals surface area contributed by atoms with Gasteiger partial charge in [-0.1, -0.05) is 6.42 Å². The molecule has 0 unspecified atom stereocenters. The molecule has 1 heterocycles. The van der Waals surface area contributed by atoms with Gasteiger partial charge in [0.1, 0.15) is 0 Å². The minimum absolute atomic E-state index is 0.0956. The molecule has 0 radical (unpaired) electrons. The first kappa shape index (κ1) is 13.1. The summed E-state index contributed by atoms with van der Waals surface area (Å²) >= 11 is 0. The zero-order chi connectivity index (χ0) is 13.0. The Balaban J connectivity index is 1.69. The number of nitrogens with two attached hydrogens (primary N) is 1. The predicted octanol–water partition coefficient (Wildman–Crippen LogP) is 0.598. The molecule has 1 aliphatic carbocycles. The zero-order valence-electron chi connectivity index (χ0n) is 11.0. The van der Waals surface area contributed by atoms with E-state index in [1.54, 1.807) is 4.68 Å². The van der Waals surface area contributed by atoms with Crippen LogP contribution in [0.25, 0.3) is 0 Å². The van der Waals surface area contributed by atoms with E-state index < -0.39 is 0 Å². The zero-order valence-corrected chi connectivity index (χ0v) is 11.0. The molecule has 0 bridgehead atoms. The summed E-state index contributed by atoms with van der Waals surface area (Å²) in [6.07, 6.45) is 8.61. The lowest BCUT2D eigenvalue weighted by atomic mass is 9.66. The quantitative estimate of drug-likeness (QED) is 0.776. The lowest BCUT2D eigenvalue weighted by Crippen LogP contribution is -2.42. The maximum Gasteiger partial charge on any atom is 0.220 e. The van der Waals surface area contributed by atoms with Crippen LogP contribution in [-0.4, -0.2) is 28.8 Å². The Labute approximate surface area is 108 Å². The van der Waals surface area contributed by atoms with Crippen molar-refractivity contribution in [3.63, 3.8) is 0 Å². The molecule has 0 atom stereocenters. The van der Waals surface area contributed by atoms with Crippen LogP contribution >= 0.6 is 0 Å². The van der Waals surface area contributed by atoms with Crippen LogP contribution < -0.4 is 11.1 Å². The minimum Gasteiger partial charge on any atom is -0.356 e. The van der Waals surface area contributed by atoms with Crippen molar-refractivity contribution in [1.82, 2.24) is 15.1 Å². The van der Waals surface area contributed by atoms with Gasteiger partial charge in [0.05, 0.1) is 6.20 Å². The molecule has 5 nitrogen and oxygen atoms in total. The first-order valence-electron chi connectivity index (χ1n) is 6.58. The number of amides is 1. The van der Waals surface area contributed by atoms with Crippen molar-refractivity contribution in [2.45, 2.75) is 32.1 Å². The second-order valence-electron chi connectivity index (χ2n) is 5.36. The Hall–Kier alpha value is -1.36. The Morgan fingerprint density at radius 1 is 1.61 bits per heavy atom. The molecule has 0 aromatic carbocycles. The molecule has 0 saturated heterocycles. The molecule has 18 heavy (non-hydrogen) atoms. The van der Waals surface area contributed by atoms with Crippen LogP contribution in [0, 0.1) is 5.41 Å². The highest BCUT2D eigenvalue weighted by atomic mass is 16.1. The minimum atomic E-state index is 0.0956. The summed E-state index contributed by atoms with van der Waals surface area (Å²) in [5.41, 5.74) is 6.99. The molecule has 1 fully saturated rings. The lowest BCUT2D eigenvalue weighted by molar-refractivity contribution is -0.124. The molecule has 0 spiro atoms. The summed E-state index contributed by atoms with van der Waals surface area (Å²) in [4.78, 5) is 11.8. The monoisotopic (exact) mass is 250 g/mol. The maximum absolute atomic E-state index is 11.8. The highest BCUT2D eigenvalue weighted by Crippen LogP contribution is 2.42. The normalized spacial score (nSPS) is 17.2. The van der Waals surface area contributed by atoms with E-state index in [2.05, 4.69) is 10.4 Å². The van der Waals surface area contributed by atoms with Gasteiger partial charge in [-0.05, 0) is 36.8 Å². The third-order valence-corrected chi connectivity index (χ3v) is 3.88. The fourth-order valence-corrected chi connectivity index (χ4v) is 2.48. The van der Waals surface area contributed by atoms with E-state index in [9.17, 15) is 4.79 Å². The van der Waals surface area contributed by atoms with Crippen LogP contribution in [0.3, 0.4) is 0 Å². The van der Waals surface area contributed by atoms with Crippen molar-refractivity contribution in [3.05, 3.63) is 18.0 Å². The van der Waals surface area contributed by atoms with Crippen molar-refractivity contribution in [3.8, 4) is 0 Å². The van der Waals surface area contributed by atoms with Crippen molar-refractivity contribution in [1.29, 1.82) is 0 Å². The molecule has 1 aliphatic rings. The van der Waals surface area contributed by atoms with Gasteiger partial charge in [0, 0.05) is 26.2 Å². The molecule has 1 saturated carbocycles. The predicted molar refractivity (Wildman–Crippen MR) is 69.9 cm³/mol. The molecule has 1 amide bonds. The van der Waals surface area contributed by atoms with Gasteiger partial charge in [-0.15, -0.1) is 0 Å². The van der Waals surface area contributed by atoms with E-state index in [1.165, 1.54) is 6.42 Å². The van der Waals surface area contributed by atoms with Crippen LogP contribution in [0.1, 0.15) is 31.2 Å². The van der Waals surface area contributed by atoms with E-state index in [1.807, 2.05) is 19.4 Å². The molecule has 0 aliphatic heterocycles. The summed E-state index contributed by atoms with van der Waals surface area (Å²) in [5, 5.41) is 7.06. The van der Waals surface area contributed by atoms with Crippen LogP contribution in [-0.2, 0) is 18.3 Å². The average Bonchev–Trinajstić information content (AvgIpc) is 2.70. The molecular weight excluding hydrogens is 228 g/mol. The first-order chi connectivity index (χ1) is 8.63. The van der Waals surface area contributed by atoms with Gasteiger partial charge < -0.3 is 11.1 Å². The van der Waals surface area contributed by atoms with Crippen molar-refractivity contribution < 1.29 is 4.79 Å². The van der Waals surface area contributed by atoms with Gasteiger partial charge in [-0.2, -0.15) is 5.10 Å². The van der Waals surface area contributed by atoms with Gasteiger partial charge in [-0.3, -0.25) is 9.48 Å². The van der Waals surface area contributed by atoms with Crippen LogP contribution in [0.15, 0.2) is 12.4 Å². The number of nitrogens with one attached hydrogen (secondary N) is 1. The summed E-state index contributed by atoms with van der Waals surface area (Å²) < 4.78 is 1.77. The summed E-state index contributed by atoms with van der Waals surface area (Å²) in [6.45, 7) is 1.30. The topological polar surface area (TPSA) is 72.9 Å². The molecule has 1 aromatic rings. The number of hydrogen-bond donors (Lipinski definition) is 2. The third-order valence-electron chi connectivity index (χ3n) is 3.88. The summed E-state index contributed by atoms with van der Waals surface area (Å²) in [6, 6.07) is 0. The number of carbonyl (C=O) groups excluding carboxylic acids is 1. The van der Waals surface area contributed by atoms with E-state index in [0.717, 1.165) is 24.8 Å². The molecule has 3 N–H and O–H groups in total. The number of aromatic nitrogens is 2. The molecule has 100 valence electrons. The SMILES string of the molecule is Cn1cc(CCNC(=O)CC2(CN)CCC2)cn1. The van der Waals surface area contributed by atoms with Crippen molar-refractivity contribution in [2.75, 3.05) is 13.1 Å². The molecular formula is C13H22N4O. The number of rotatable bonds is 6. The fraction of sp³-hybridized carbons (Fsp3) is 0.692. The van der Waals surface area contributed by atoms with Gasteiger partial charge in [0.2, 0.25) is 5.91 Å². The van der Waals surface area contributed by atoms with E-state index in [4.69, 9.17) is 5.73 Å². The van der Waals surface area contributed by atoms with Gasteiger partial charge in [-0.25, -0.2) is 0 Å². The van der Waals surface area contributed by atoms with E-state index in [-0.39, 0.29) is 11.3 Å². The molecule has 5 heteroatoms. The van der Waals surface area contributed by atoms with Crippen molar-refractivity contribution in [2.24, 2.45) is 18.2 Å². The smallest absolute Gasteiger partial charge is 0.220 e. The second kappa shape index (κ2) is 5.52. The van der Waals surface area contributed by atoms with Gasteiger partial charge >= 0.3 is 0 Å². The molecule has 2 rings (SSSR count). The Kier molecular flexibility index (Phi) is 4.01. The molecule has 1 aromatic heterocycles. The number of nitrogens with zero attached hydrogens (tertiary/aromatic N) is 2. The number of aryl methyl sites for hydroxylation is 1. The van der Waals surface area contributed by atoms with Crippen LogP contribution in [0.4, 0.5) is 0 Å². The lowest BCUT2D eigenvalue weighted by Gasteiger charge is -2.40. The largest absolute Gasteiger partial charge is 0.356 e. The number of carbonyl (C=O) groups is 1. The Bertz CT molecular complexity index is 403. The standard InChI is InChI=1S/C13H22N4O/c1-17-9-11(8-16-17)3-6-15-12(18)7-13(10-14)4-2-5-13/h8-9H,2-7,10,14H2,1H3,(H,15,18). The second-order valence-corrected chi connectivity index (χ2v) is 5.36. The summed E-state index contributed by atoms with van der Waals surface area (Å²) in [7, 11) is 1.89. The van der Waals surface area contributed by atoms with Crippen LogP contribution in [0.2, 0.25) is 0 Å². The first-order valence-corrected chi connectivity index (χ1v) is 6.58. The average molecular weight is 250 g/mol. The highest BCUT2D eigenvalue weighted by Gasteiger charge is 2.37. The van der Waals surface area contributed by atoms with E-state index in [0.29, 0.717) is 19.5 Å². The van der Waals surface area contributed by atoms with Gasteiger partial charge in [0.15, 0.2) is 0 Å². The Morgan fingerprint density at radius 3 is 2.89 bits per heavy atom. The number of hydrogen-bond acceptors (Lipinski definition) is 3. The summed E-state index contributed by atoms with van der Waals surface area (Å²) in [5.74, 6) is 0.129. The van der Waals surface area contributed by atoms with Crippen LogP contribution in [0.5, 0.6) is 0 Å². The maximum atomic E-state index is 11.8. The van der Waals surface area contributed by atoms with Crippen molar-refractivity contribution >= 4 is 5.91 Å². The Morgan fingerprint density at radius 2 is 2.39 bits per heavy atom. The van der Waals surface area contributed by atoms with Gasteiger partial charge in [0.25, 0.3) is 0 Å². The highest BCUT2D eigenvalue weighted by molar-refractivity contribution is 5.76.